The van der Waals surface area contributed by atoms with Crippen molar-refractivity contribution in [2.24, 2.45) is 0 Å². The molecular formula is C11H13N5O. The molecule has 0 aliphatic rings. The van der Waals surface area contributed by atoms with Crippen LogP contribution >= 0.6 is 0 Å². The molecule has 88 valence electrons. The first-order chi connectivity index (χ1) is 8.19. The first-order valence-electron chi connectivity index (χ1n) is 5.22. The predicted octanol–water partition coefficient (Wildman–Crippen LogP) is 0.432. The number of aryl methyl sites for hydroxylation is 1. The molecule has 0 aliphatic carbocycles. The summed E-state index contributed by atoms with van der Waals surface area (Å²) < 4.78 is 1.37. The van der Waals surface area contributed by atoms with E-state index in [1.807, 2.05) is 6.92 Å². The highest BCUT2D eigenvalue weighted by atomic mass is 16.1. The van der Waals surface area contributed by atoms with Gasteiger partial charge in [0.1, 0.15) is 5.82 Å². The summed E-state index contributed by atoms with van der Waals surface area (Å²) in [6, 6.07) is 3.19. The number of hydrogen-bond donors (Lipinski definition) is 1. The van der Waals surface area contributed by atoms with Crippen LogP contribution in [0, 0.1) is 6.92 Å². The fourth-order valence-corrected chi connectivity index (χ4v) is 1.38. The molecule has 6 heteroatoms. The molecule has 2 aromatic rings. The number of aromatic nitrogens is 4. The van der Waals surface area contributed by atoms with Gasteiger partial charge in [-0.3, -0.25) is 9.78 Å². The smallest absolute Gasteiger partial charge is 0.267 e. The zero-order valence-corrected chi connectivity index (χ0v) is 9.71. The Labute approximate surface area is 98.4 Å². The first kappa shape index (κ1) is 11.3. The van der Waals surface area contributed by atoms with Gasteiger partial charge in [-0.05, 0) is 13.0 Å². The number of hydrogen-bond acceptors (Lipinski definition) is 5. The average molecular weight is 231 g/mol. The maximum Gasteiger partial charge on any atom is 0.267 e. The van der Waals surface area contributed by atoms with Gasteiger partial charge in [0.2, 0.25) is 0 Å². The largest absolute Gasteiger partial charge is 0.372 e. The molecule has 0 aliphatic heterocycles. The van der Waals surface area contributed by atoms with Crippen LogP contribution in [-0.4, -0.2) is 26.8 Å². The summed E-state index contributed by atoms with van der Waals surface area (Å²) in [4.78, 5) is 19.9. The van der Waals surface area contributed by atoms with Crippen LogP contribution in [0.15, 0.2) is 29.3 Å². The SMILES string of the molecule is CNc1cnc(Cn2nc(C)ccc2=O)cn1. The minimum absolute atomic E-state index is 0.143. The fourth-order valence-electron chi connectivity index (χ4n) is 1.38. The van der Waals surface area contributed by atoms with Gasteiger partial charge in [0.15, 0.2) is 0 Å². The van der Waals surface area contributed by atoms with Gasteiger partial charge in [-0.25, -0.2) is 9.67 Å². The van der Waals surface area contributed by atoms with Crippen LogP contribution in [0.5, 0.6) is 0 Å². The van der Waals surface area contributed by atoms with E-state index >= 15 is 0 Å². The van der Waals surface area contributed by atoms with E-state index in [1.54, 1.807) is 25.5 Å². The second-order valence-corrected chi connectivity index (χ2v) is 3.61. The van der Waals surface area contributed by atoms with Crippen molar-refractivity contribution >= 4 is 5.82 Å². The van der Waals surface area contributed by atoms with E-state index in [1.165, 1.54) is 10.7 Å². The molecule has 2 rings (SSSR count). The van der Waals surface area contributed by atoms with Crippen LogP contribution in [-0.2, 0) is 6.54 Å². The zero-order valence-electron chi connectivity index (χ0n) is 9.71. The van der Waals surface area contributed by atoms with Crippen molar-refractivity contribution < 1.29 is 0 Å². The number of nitrogens with zero attached hydrogens (tertiary/aromatic N) is 4. The van der Waals surface area contributed by atoms with Crippen molar-refractivity contribution in [3.05, 3.63) is 46.3 Å². The van der Waals surface area contributed by atoms with Crippen LogP contribution in [0.3, 0.4) is 0 Å². The third-order valence-electron chi connectivity index (χ3n) is 2.27. The highest BCUT2D eigenvalue weighted by molar-refractivity contribution is 5.29. The third-order valence-corrected chi connectivity index (χ3v) is 2.27. The van der Waals surface area contributed by atoms with Crippen LogP contribution in [0.2, 0.25) is 0 Å². The minimum Gasteiger partial charge on any atom is -0.372 e. The Morgan fingerprint density at radius 2 is 2.12 bits per heavy atom. The summed E-state index contributed by atoms with van der Waals surface area (Å²) in [7, 11) is 1.77. The molecule has 0 radical (unpaired) electrons. The molecule has 2 heterocycles. The standard InChI is InChI=1S/C11H13N5O/c1-8-3-4-11(17)16(15-8)7-9-5-14-10(12-2)6-13-9/h3-6H,7H2,1-2H3,(H,12,14). The highest BCUT2D eigenvalue weighted by Crippen LogP contribution is 2.00. The molecular weight excluding hydrogens is 218 g/mol. The maximum absolute atomic E-state index is 11.5. The summed E-state index contributed by atoms with van der Waals surface area (Å²) in [6.45, 7) is 2.17. The van der Waals surface area contributed by atoms with E-state index in [9.17, 15) is 4.79 Å². The topological polar surface area (TPSA) is 72.7 Å². The summed E-state index contributed by atoms with van der Waals surface area (Å²) in [5.74, 6) is 0.693. The Morgan fingerprint density at radius 1 is 1.29 bits per heavy atom. The Kier molecular flexibility index (Phi) is 3.13. The highest BCUT2D eigenvalue weighted by Gasteiger charge is 2.01. The van der Waals surface area contributed by atoms with Crippen molar-refractivity contribution in [3.63, 3.8) is 0 Å². The van der Waals surface area contributed by atoms with Crippen molar-refractivity contribution in [1.82, 2.24) is 19.7 Å². The summed E-state index contributed by atoms with van der Waals surface area (Å²) >= 11 is 0. The number of nitrogens with one attached hydrogen (secondary N) is 1. The zero-order chi connectivity index (χ0) is 12.3. The molecule has 1 N–H and O–H groups in total. The van der Waals surface area contributed by atoms with Crippen LogP contribution < -0.4 is 10.9 Å². The normalized spacial score (nSPS) is 10.2. The molecule has 0 spiro atoms. The van der Waals surface area contributed by atoms with Gasteiger partial charge in [0, 0.05) is 13.1 Å². The fraction of sp³-hybridized carbons (Fsp3) is 0.273. The van der Waals surface area contributed by atoms with Gasteiger partial charge in [-0.1, -0.05) is 0 Å². The lowest BCUT2D eigenvalue weighted by atomic mass is 10.4. The second kappa shape index (κ2) is 4.73. The van der Waals surface area contributed by atoms with E-state index in [2.05, 4.69) is 20.4 Å². The Bertz CT molecular complexity index is 561. The molecule has 17 heavy (non-hydrogen) atoms. The molecule has 0 atom stereocenters. The Hall–Kier alpha value is -2.24. The van der Waals surface area contributed by atoms with Gasteiger partial charge in [0.05, 0.1) is 30.3 Å². The molecule has 0 saturated carbocycles. The molecule has 6 nitrogen and oxygen atoms in total. The van der Waals surface area contributed by atoms with Gasteiger partial charge < -0.3 is 5.32 Å². The molecule has 0 amide bonds. The Balaban J connectivity index is 2.25. The van der Waals surface area contributed by atoms with E-state index in [-0.39, 0.29) is 5.56 Å². The summed E-state index contributed by atoms with van der Waals surface area (Å²) in [5.41, 5.74) is 1.35. The quantitative estimate of drug-likeness (QED) is 0.829. The lowest BCUT2D eigenvalue weighted by molar-refractivity contribution is 0.616. The van der Waals surface area contributed by atoms with E-state index in [0.717, 1.165) is 5.69 Å². The lowest BCUT2D eigenvalue weighted by Crippen LogP contribution is -2.23. The lowest BCUT2D eigenvalue weighted by Gasteiger charge is -2.05. The van der Waals surface area contributed by atoms with Crippen LogP contribution in [0.1, 0.15) is 11.4 Å². The van der Waals surface area contributed by atoms with Gasteiger partial charge in [0.25, 0.3) is 5.56 Å². The molecule has 0 bridgehead atoms. The van der Waals surface area contributed by atoms with Gasteiger partial charge in [-0.15, -0.1) is 0 Å². The number of anilines is 1. The molecule has 0 unspecified atom stereocenters. The molecule has 0 saturated heterocycles. The second-order valence-electron chi connectivity index (χ2n) is 3.61. The monoisotopic (exact) mass is 231 g/mol. The Morgan fingerprint density at radius 3 is 2.76 bits per heavy atom. The third kappa shape index (κ3) is 2.66. The van der Waals surface area contributed by atoms with E-state index < -0.39 is 0 Å². The van der Waals surface area contributed by atoms with Crippen molar-refractivity contribution in [2.45, 2.75) is 13.5 Å². The van der Waals surface area contributed by atoms with E-state index in [4.69, 9.17) is 0 Å². The van der Waals surface area contributed by atoms with Crippen LogP contribution in [0.25, 0.3) is 0 Å². The molecule has 0 fully saturated rings. The molecule has 2 aromatic heterocycles. The van der Waals surface area contributed by atoms with Gasteiger partial charge in [-0.2, -0.15) is 5.10 Å². The number of rotatable bonds is 3. The predicted molar refractivity (Wildman–Crippen MR) is 63.9 cm³/mol. The van der Waals surface area contributed by atoms with Crippen molar-refractivity contribution in [2.75, 3.05) is 12.4 Å². The molecule has 0 aromatic carbocycles. The average Bonchev–Trinajstić information content (AvgIpc) is 2.35. The minimum atomic E-state index is -0.143. The first-order valence-corrected chi connectivity index (χ1v) is 5.22. The van der Waals surface area contributed by atoms with Gasteiger partial charge >= 0.3 is 0 Å². The summed E-state index contributed by atoms with van der Waals surface area (Å²) in [5, 5.41) is 7.01. The van der Waals surface area contributed by atoms with Crippen molar-refractivity contribution in [3.8, 4) is 0 Å². The van der Waals surface area contributed by atoms with E-state index in [0.29, 0.717) is 18.1 Å². The summed E-state index contributed by atoms with van der Waals surface area (Å²) in [6.07, 6.45) is 3.25. The maximum atomic E-state index is 11.5. The van der Waals surface area contributed by atoms with Crippen molar-refractivity contribution in [1.29, 1.82) is 0 Å². The van der Waals surface area contributed by atoms with Crippen LogP contribution in [0.4, 0.5) is 5.82 Å².